The van der Waals surface area contributed by atoms with Crippen molar-refractivity contribution in [2.24, 2.45) is 0 Å². The van der Waals surface area contributed by atoms with E-state index in [0.717, 1.165) is 25.2 Å². The van der Waals surface area contributed by atoms with E-state index in [0.29, 0.717) is 0 Å². The predicted molar refractivity (Wildman–Crippen MR) is 80.0 cm³/mol. The fourth-order valence-electron chi connectivity index (χ4n) is 2.43. The summed E-state index contributed by atoms with van der Waals surface area (Å²) in [7, 11) is 0. The molecule has 0 N–H and O–H groups in total. The van der Waals surface area contributed by atoms with Crippen molar-refractivity contribution in [1.82, 2.24) is 0 Å². The normalized spacial score (nSPS) is 22.6. The smallest absolute Gasteiger partial charge is 0.163 e. The molecule has 0 bridgehead atoms. The Hall–Kier alpha value is -1.06. The van der Waals surface area contributed by atoms with Gasteiger partial charge in [-0.25, -0.2) is 0 Å². The molecular formula is C17H26O3. The van der Waals surface area contributed by atoms with Crippen LogP contribution in [0.4, 0.5) is 0 Å². The van der Waals surface area contributed by atoms with Crippen LogP contribution in [0.5, 0.6) is 5.75 Å². The first kappa shape index (κ1) is 15.3. The van der Waals surface area contributed by atoms with Crippen molar-refractivity contribution in [3.05, 3.63) is 29.8 Å². The molecular weight excluding hydrogens is 252 g/mol. The van der Waals surface area contributed by atoms with Gasteiger partial charge < -0.3 is 14.2 Å². The van der Waals surface area contributed by atoms with Gasteiger partial charge in [0.15, 0.2) is 5.79 Å². The topological polar surface area (TPSA) is 27.7 Å². The predicted octanol–water partition coefficient (Wildman–Crippen LogP) is 3.95. The highest BCUT2D eigenvalue weighted by Crippen LogP contribution is 2.26. The Labute approximate surface area is 122 Å². The van der Waals surface area contributed by atoms with Crippen LogP contribution in [0, 0.1) is 0 Å². The molecule has 1 heterocycles. The molecule has 1 fully saturated rings. The molecule has 1 saturated heterocycles. The summed E-state index contributed by atoms with van der Waals surface area (Å²) in [4.78, 5) is 0. The molecule has 0 spiro atoms. The Kier molecular flexibility index (Phi) is 4.40. The second-order valence-corrected chi connectivity index (χ2v) is 6.84. The van der Waals surface area contributed by atoms with Gasteiger partial charge in [0.2, 0.25) is 0 Å². The van der Waals surface area contributed by atoms with Crippen LogP contribution in [-0.2, 0) is 15.9 Å². The van der Waals surface area contributed by atoms with Gasteiger partial charge in [0.25, 0.3) is 0 Å². The molecule has 0 radical (unpaired) electrons. The standard InChI is InChI=1S/C17H26O3/c1-16(2,3)19-14-8-6-7-13(11-14)12-15-9-10-18-17(4,5)20-15/h6-8,11,15H,9-10,12H2,1-5H3. The molecule has 0 amide bonds. The maximum atomic E-state index is 5.96. The molecule has 20 heavy (non-hydrogen) atoms. The minimum absolute atomic E-state index is 0.171. The fourth-order valence-corrected chi connectivity index (χ4v) is 2.43. The summed E-state index contributed by atoms with van der Waals surface area (Å²) in [6.45, 7) is 10.9. The molecule has 1 aromatic rings. The van der Waals surface area contributed by atoms with E-state index in [9.17, 15) is 0 Å². The SMILES string of the molecule is CC(C)(C)Oc1cccc(CC2CCOC(C)(C)O2)c1. The first-order chi connectivity index (χ1) is 9.23. The van der Waals surface area contributed by atoms with Crippen molar-refractivity contribution in [2.45, 2.75) is 65.0 Å². The molecule has 0 saturated carbocycles. The van der Waals surface area contributed by atoms with Gasteiger partial charge in [-0.3, -0.25) is 0 Å². The van der Waals surface area contributed by atoms with Crippen LogP contribution in [0.1, 0.15) is 46.6 Å². The summed E-state index contributed by atoms with van der Waals surface area (Å²) in [6, 6.07) is 8.28. The molecule has 1 atom stereocenters. The molecule has 3 nitrogen and oxygen atoms in total. The fraction of sp³-hybridized carbons (Fsp3) is 0.647. The van der Waals surface area contributed by atoms with Crippen molar-refractivity contribution in [3.63, 3.8) is 0 Å². The lowest BCUT2D eigenvalue weighted by Gasteiger charge is -2.36. The van der Waals surface area contributed by atoms with Crippen LogP contribution in [-0.4, -0.2) is 24.1 Å². The maximum absolute atomic E-state index is 5.96. The first-order valence-electron chi connectivity index (χ1n) is 7.33. The quantitative estimate of drug-likeness (QED) is 0.838. The van der Waals surface area contributed by atoms with E-state index in [1.165, 1.54) is 5.56 Å². The zero-order valence-electron chi connectivity index (χ0n) is 13.2. The summed E-state index contributed by atoms with van der Waals surface area (Å²) in [5.74, 6) is 0.448. The van der Waals surface area contributed by atoms with Crippen molar-refractivity contribution in [2.75, 3.05) is 6.61 Å². The molecule has 1 aliphatic rings. The summed E-state index contributed by atoms with van der Waals surface area (Å²) in [6.07, 6.45) is 2.05. The number of rotatable bonds is 3. The molecule has 2 rings (SSSR count). The first-order valence-corrected chi connectivity index (χ1v) is 7.33. The third-order valence-electron chi connectivity index (χ3n) is 3.13. The van der Waals surface area contributed by atoms with Crippen LogP contribution in [0.2, 0.25) is 0 Å². The second-order valence-electron chi connectivity index (χ2n) is 6.84. The van der Waals surface area contributed by atoms with E-state index in [-0.39, 0.29) is 11.7 Å². The van der Waals surface area contributed by atoms with E-state index in [2.05, 4.69) is 32.9 Å². The Bertz CT molecular complexity index is 446. The lowest BCUT2D eigenvalue weighted by Crippen LogP contribution is -2.40. The average molecular weight is 278 g/mol. The zero-order chi connectivity index (χ0) is 14.8. The Morgan fingerprint density at radius 3 is 2.70 bits per heavy atom. The van der Waals surface area contributed by atoms with E-state index >= 15 is 0 Å². The van der Waals surface area contributed by atoms with Crippen LogP contribution < -0.4 is 4.74 Å². The van der Waals surface area contributed by atoms with Crippen LogP contribution in [0.15, 0.2) is 24.3 Å². The number of hydrogen-bond donors (Lipinski definition) is 0. The molecule has 1 unspecified atom stereocenters. The summed E-state index contributed by atoms with van der Waals surface area (Å²) < 4.78 is 17.4. The monoisotopic (exact) mass is 278 g/mol. The molecule has 1 aromatic carbocycles. The largest absolute Gasteiger partial charge is 0.488 e. The van der Waals surface area contributed by atoms with Crippen LogP contribution in [0.3, 0.4) is 0 Å². The van der Waals surface area contributed by atoms with Crippen molar-refractivity contribution in [1.29, 1.82) is 0 Å². The van der Waals surface area contributed by atoms with Gasteiger partial charge in [-0.15, -0.1) is 0 Å². The van der Waals surface area contributed by atoms with E-state index in [1.807, 2.05) is 26.0 Å². The Morgan fingerprint density at radius 1 is 1.30 bits per heavy atom. The van der Waals surface area contributed by atoms with Crippen LogP contribution in [0.25, 0.3) is 0 Å². The van der Waals surface area contributed by atoms with Crippen LogP contribution >= 0.6 is 0 Å². The molecule has 0 aromatic heterocycles. The average Bonchev–Trinajstić information content (AvgIpc) is 2.25. The van der Waals surface area contributed by atoms with E-state index in [1.54, 1.807) is 0 Å². The highest BCUT2D eigenvalue weighted by molar-refractivity contribution is 5.29. The maximum Gasteiger partial charge on any atom is 0.163 e. The lowest BCUT2D eigenvalue weighted by atomic mass is 10.0. The molecule has 1 aliphatic heterocycles. The minimum Gasteiger partial charge on any atom is -0.488 e. The summed E-state index contributed by atoms with van der Waals surface area (Å²) in [5.41, 5.74) is 1.07. The lowest BCUT2D eigenvalue weighted by molar-refractivity contribution is -0.272. The van der Waals surface area contributed by atoms with Gasteiger partial charge in [-0.1, -0.05) is 12.1 Å². The van der Waals surface area contributed by atoms with Crippen molar-refractivity contribution >= 4 is 0 Å². The van der Waals surface area contributed by atoms with E-state index < -0.39 is 5.79 Å². The van der Waals surface area contributed by atoms with E-state index in [4.69, 9.17) is 14.2 Å². The van der Waals surface area contributed by atoms with Gasteiger partial charge in [-0.2, -0.15) is 0 Å². The van der Waals surface area contributed by atoms with Crippen molar-refractivity contribution < 1.29 is 14.2 Å². The van der Waals surface area contributed by atoms with Gasteiger partial charge in [0.05, 0.1) is 12.7 Å². The second kappa shape index (κ2) is 5.74. The highest BCUT2D eigenvalue weighted by Gasteiger charge is 2.29. The summed E-state index contributed by atoms with van der Waals surface area (Å²) >= 11 is 0. The third kappa shape index (κ3) is 4.80. The Balaban J connectivity index is 2.01. The number of benzene rings is 1. The van der Waals surface area contributed by atoms with Gasteiger partial charge in [-0.05, 0) is 65.2 Å². The zero-order valence-corrected chi connectivity index (χ0v) is 13.2. The van der Waals surface area contributed by atoms with Gasteiger partial charge in [0, 0.05) is 0 Å². The Morgan fingerprint density at radius 2 is 2.05 bits per heavy atom. The third-order valence-corrected chi connectivity index (χ3v) is 3.13. The summed E-state index contributed by atoms with van der Waals surface area (Å²) in [5, 5.41) is 0. The highest BCUT2D eigenvalue weighted by atomic mass is 16.7. The van der Waals surface area contributed by atoms with Gasteiger partial charge >= 0.3 is 0 Å². The van der Waals surface area contributed by atoms with Crippen molar-refractivity contribution in [3.8, 4) is 5.75 Å². The minimum atomic E-state index is -0.470. The molecule has 112 valence electrons. The molecule has 0 aliphatic carbocycles. The molecule has 3 heteroatoms. The number of hydrogen-bond acceptors (Lipinski definition) is 3. The van der Waals surface area contributed by atoms with Gasteiger partial charge in [0.1, 0.15) is 11.4 Å². The number of ether oxygens (including phenoxy) is 3.